The van der Waals surface area contributed by atoms with Gasteiger partial charge in [0, 0.05) is 0 Å². The summed E-state index contributed by atoms with van der Waals surface area (Å²) in [7, 11) is 0. The Kier molecular flexibility index (Phi) is 4.39. The van der Waals surface area contributed by atoms with Gasteiger partial charge in [-0.25, -0.2) is 0 Å². The number of rotatable bonds is 4. The molecular weight excluding hydrogens is 200 g/mol. The third kappa shape index (κ3) is 2.71. The van der Waals surface area contributed by atoms with Crippen LogP contribution < -0.4 is 0 Å². The first-order valence-corrected chi connectivity index (χ1v) is 5.23. The second-order valence-corrected chi connectivity index (χ2v) is 3.57. The minimum absolute atomic E-state index is 0.0384. The molecule has 2 N–H and O–H groups in total. The summed E-state index contributed by atoms with van der Waals surface area (Å²) in [6, 6.07) is 7.53. The van der Waals surface area contributed by atoms with E-state index in [9.17, 15) is 10.2 Å². The summed E-state index contributed by atoms with van der Waals surface area (Å²) in [5.41, 5.74) is 1.91. The van der Waals surface area contributed by atoms with Crippen molar-refractivity contribution in [3.05, 3.63) is 35.4 Å². The molecule has 14 heavy (non-hydrogen) atoms. The molecule has 0 bridgehead atoms. The molecular formula is C11H15ClO2. The van der Waals surface area contributed by atoms with Gasteiger partial charge in [0.25, 0.3) is 0 Å². The van der Waals surface area contributed by atoms with Crippen molar-refractivity contribution in [1.29, 1.82) is 0 Å². The number of aliphatic hydroxyl groups excluding tert-OH is 2. The molecule has 0 saturated carbocycles. The Morgan fingerprint density at radius 1 is 1.21 bits per heavy atom. The molecule has 0 spiro atoms. The fraction of sp³-hybridized carbons (Fsp3) is 0.455. The predicted molar refractivity (Wildman–Crippen MR) is 57.5 cm³/mol. The smallest absolute Gasteiger partial charge is 0.106 e. The first kappa shape index (κ1) is 11.5. The van der Waals surface area contributed by atoms with Gasteiger partial charge in [0.1, 0.15) is 6.10 Å². The molecule has 0 aliphatic rings. The van der Waals surface area contributed by atoms with Crippen molar-refractivity contribution in [1.82, 2.24) is 0 Å². The van der Waals surface area contributed by atoms with Gasteiger partial charge in [-0.1, -0.05) is 31.2 Å². The number of halogens is 1. The van der Waals surface area contributed by atoms with Crippen molar-refractivity contribution in [3.8, 4) is 0 Å². The SMILES string of the molecule is CCc1ccc(C(O)C(O)CCl)cc1. The van der Waals surface area contributed by atoms with Crippen LogP contribution in [0.1, 0.15) is 24.2 Å². The van der Waals surface area contributed by atoms with E-state index in [-0.39, 0.29) is 5.88 Å². The lowest BCUT2D eigenvalue weighted by molar-refractivity contribution is 0.0327. The van der Waals surface area contributed by atoms with Crippen LogP contribution in [0, 0.1) is 0 Å². The van der Waals surface area contributed by atoms with Gasteiger partial charge < -0.3 is 10.2 Å². The van der Waals surface area contributed by atoms with Crippen LogP contribution in [-0.4, -0.2) is 22.2 Å². The van der Waals surface area contributed by atoms with Gasteiger partial charge >= 0.3 is 0 Å². The van der Waals surface area contributed by atoms with Crippen LogP contribution in [0.3, 0.4) is 0 Å². The van der Waals surface area contributed by atoms with E-state index in [1.54, 1.807) is 0 Å². The van der Waals surface area contributed by atoms with Gasteiger partial charge in [-0.3, -0.25) is 0 Å². The minimum atomic E-state index is -0.899. The van der Waals surface area contributed by atoms with E-state index >= 15 is 0 Å². The van der Waals surface area contributed by atoms with Gasteiger partial charge in [0.2, 0.25) is 0 Å². The van der Waals surface area contributed by atoms with E-state index in [0.717, 1.165) is 6.42 Å². The first-order valence-electron chi connectivity index (χ1n) is 4.70. The Morgan fingerprint density at radius 3 is 2.21 bits per heavy atom. The van der Waals surface area contributed by atoms with Crippen molar-refractivity contribution in [3.63, 3.8) is 0 Å². The fourth-order valence-corrected chi connectivity index (χ4v) is 1.43. The van der Waals surface area contributed by atoms with Crippen LogP contribution in [0.25, 0.3) is 0 Å². The van der Waals surface area contributed by atoms with Crippen LogP contribution in [-0.2, 0) is 6.42 Å². The number of aryl methyl sites for hydroxylation is 1. The summed E-state index contributed by atoms with van der Waals surface area (Å²) in [5.74, 6) is 0.0384. The van der Waals surface area contributed by atoms with E-state index in [4.69, 9.17) is 11.6 Å². The maximum atomic E-state index is 9.62. The Hall–Kier alpha value is -0.570. The molecule has 0 fully saturated rings. The third-order valence-corrected chi connectivity index (χ3v) is 2.57. The number of alkyl halides is 1. The highest BCUT2D eigenvalue weighted by atomic mass is 35.5. The van der Waals surface area contributed by atoms with Gasteiger partial charge in [0.05, 0.1) is 12.0 Å². The molecule has 2 atom stereocenters. The molecule has 2 nitrogen and oxygen atoms in total. The van der Waals surface area contributed by atoms with Gasteiger partial charge in [0.15, 0.2) is 0 Å². The quantitative estimate of drug-likeness (QED) is 0.752. The van der Waals surface area contributed by atoms with Crippen molar-refractivity contribution < 1.29 is 10.2 Å². The zero-order valence-corrected chi connectivity index (χ0v) is 8.91. The molecule has 2 unspecified atom stereocenters. The molecule has 3 heteroatoms. The monoisotopic (exact) mass is 214 g/mol. The highest BCUT2D eigenvalue weighted by Crippen LogP contribution is 2.18. The number of hydrogen-bond donors (Lipinski definition) is 2. The van der Waals surface area contributed by atoms with Crippen LogP contribution >= 0.6 is 11.6 Å². The van der Waals surface area contributed by atoms with Crippen LogP contribution in [0.2, 0.25) is 0 Å². The largest absolute Gasteiger partial charge is 0.389 e. The average molecular weight is 215 g/mol. The summed E-state index contributed by atoms with van der Waals surface area (Å²) in [6.45, 7) is 2.07. The summed E-state index contributed by atoms with van der Waals surface area (Å²) in [6.07, 6.45) is -0.823. The molecule has 0 aliphatic heterocycles. The lowest BCUT2D eigenvalue weighted by Gasteiger charge is -2.15. The van der Waals surface area contributed by atoms with Crippen molar-refractivity contribution in [2.75, 3.05) is 5.88 Å². The van der Waals surface area contributed by atoms with Crippen LogP contribution in [0.5, 0.6) is 0 Å². The van der Waals surface area contributed by atoms with Gasteiger partial charge in [-0.2, -0.15) is 0 Å². The molecule has 1 aromatic carbocycles. The molecule has 0 amide bonds. The summed E-state index contributed by atoms with van der Waals surface area (Å²) >= 11 is 5.45. The van der Waals surface area contributed by atoms with Crippen LogP contribution in [0.4, 0.5) is 0 Å². The number of aliphatic hydroxyl groups is 2. The van der Waals surface area contributed by atoms with Gasteiger partial charge in [-0.15, -0.1) is 11.6 Å². The molecule has 1 aromatic rings. The lowest BCUT2D eigenvalue weighted by Crippen LogP contribution is -2.19. The van der Waals surface area contributed by atoms with E-state index < -0.39 is 12.2 Å². The maximum absolute atomic E-state index is 9.62. The fourth-order valence-electron chi connectivity index (χ4n) is 1.26. The van der Waals surface area contributed by atoms with Gasteiger partial charge in [-0.05, 0) is 17.5 Å². The second kappa shape index (κ2) is 5.35. The highest BCUT2D eigenvalue weighted by Gasteiger charge is 2.16. The Balaban J connectivity index is 2.75. The molecule has 0 saturated heterocycles. The van der Waals surface area contributed by atoms with E-state index in [1.165, 1.54) is 5.56 Å². The Labute approximate surface area is 89.1 Å². The normalized spacial score (nSPS) is 15.1. The average Bonchev–Trinajstić information content (AvgIpc) is 2.27. The molecule has 78 valence electrons. The molecule has 0 aromatic heterocycles. The van der Waals surface area contributed by atoms with E-state index in [2.05, 4.69) is 6.92 Å². The molecule has 0 radical (unpaired) electrons. The Morgan fingerprint density at radius 2 is 1.79 bits per heavy atom. The zero-order chi connectivity index (χ0) is 10.6. The minimum Gasteiger partial charge on any atom is -0.389 e. The molecule has 0 heterocycles. The first-order chi connectivity index (χ1) is 6.69. The summed E-state index contributed by atoms with van der Waals surface area (Å²) in [5, 5.41) is 18.9. The molecule has 0 aliphatic carbocycles. The topological polar surface area (TPSA) is 40.5 Å². The predicted octanol–water partition coefficient (Wildman–Crippen LogP) is 1.88. The van der Waals surface area contributed by atoms with Crippen molar-refractivity contribution in [2.24, 2.45) is 0 Å². The standard InChI is InChI=1S/C11H15ClO2/c1-2-8-3-5-9(6-4-8)11(14)10(13)7-12/h3-6,10-11,13-14H,2,7H2,1H3. The lowest BCUT2D eigenvalue weighted by atomic mass is 10.0. The van der Waals surface area contributed by atoms with Crippen molar-refractivity contribution in [2.45, 2.75) is 25.6 Å². The second-order valence-electron chi connectivity index (χ2n) is 3.26. The number of hydrogen-bond acceptors (Lipinski definition) is 2. The maximum Gasteiger partial charge on any atom is 0.106 e. The summed E-state index contributed by atoms with van der Waals surface area (Å²) < 4.78 is 0. The number of benzene rings is 1. The molecule has 1 rings (SSSR count). The summed E-state index contributed by atoms with van der Waals surface area (Å²) in [4.78, 5) is 0. The van der Waals surface area contributed by atoms with E-state index in [0.29, 0.717) is 5.56 Å². The van der Waals surface area contributed by atoms with E-state index in [1.807, 2.05) is 24.3 Å². The third-order valence-electron chi connectivity index (χ3n) is 2.25. The van der Waals surface area contributed by atoms with Crippen molar-refractivity contribution >= 4 is 11.6 Å². The highest BCUT2D eigenvalue weighted by molar-refractivity contribution is 6.18. The zero-order valence-electron chi connectivity index (χ0n) is 8.15. The Bertz CT molecular complexity index is 271. The van der Waals surface area contributed by atoms with Crippen LogP contribution in [0.15, 0.2) is 24.3 Å².